The summed E-state index contributed by atoms with van der Waals surface area (Å²) in [5.74, 6) is 0.409. The molecule has 3 aromatic rings. The fourth-order valence-electron chi connectivity index (χ4n) is 1.86. The average molecular weight is 261 g/mol. The first-order valence-electron chi connectivity index (χ1n) is 5.37. The number of nitrogens with two attached hydrogens (primary N) is 1. The van der Waals surface area contributed by atoms with E-state index in [0.717, 1.165) is 5.39 Å². The van der Waals surface area contributed by atoms with Gasteiger partial charge in [0.05, 0.1) is 22.5 Å². The van der Waals surface area contributed by atoms with E-state index < -0.39 is 0 Å². The molecule has 0 fully saturated rings. The molecule has 2 aromatic heterocycles. The summed E-state index contributed by atoms with van der Waals surface area (Å²) >= 11 is 6.07. The van der Waals surface area contributed by atoms with Crippen LogP contribution in [0.2, 0.25) is 5.02 Å². The number of para-hydroxylation sites is 1. The third kappa shape index (κ3) is 1.64. The van der Waals surface area contributed by atoms with E-state index in [1.165, 1.54) is 0 Å². The van der Waals surface area contributed by atoms with Gasteiger partial charge in [-0.3, -0.25) is 4.79 Å². The number of rotatable bonds is 1. The minimum atomic E-state index is -0.241. The minimum Gasteiger partial charge on any atom is -0.324 e. The molecule has 0 radical (unpaired) electrons. The Hall–Kier alpha value is -1.98. The van der Waals surface area contributed by atoms with Gasteiger partial charge in [-0.2, -0.15) is 0 Å². The molecular formula is C12H9ClN4O. The van der Waals surface area contributed by atoms with Crippen molar-refractivity contribution in [3.8, 4) is 0 Å². The lowest BCUT2D eigenvalue weighted by Gasteiger charge is -2.03. The van der Waals surface area contributed by atoms with E-state index in [-0.39, 0.29) is 12.1 Å². The first-order valence-corrected chi connectivity index (χ1v) is 5.75. The largest absolute Gasteiger partial charge is 0.324 e. The highest BCUT2D eigenvalue weighted by Crippen LogP contribution is 2.23. The summed E-state index contributed by atoms with van der Waals surface area (Å²) in [5, 5.41) is 1.77. The van der Waals surface area contributed by atoms with Crippen LogP contribution >= 0.6 is 11.6 Å². The lowest BCUT2D eigenvalue weighted by Crippen LogP contribution is -2.15. The van der Waals surface area contributed by atoms with Gasteiger partial charge in [0.1, 0.15) is 5.82 Å². The summed E-state index contributed by atoms with van der Waals surface area (Å²) in [5.41, 5.74) is 6.22. The number of pyridine rings is 1. The maximum atomic E-state index is 11.9. The summed E-state index contributed by atoms with van der Waals surface area (Å²) in [6, 6.07) is 7.15. The van der Waals surface area contributed by atoms with Gasteiger partial charge in [-0.05, 0) is 12.1 Å². The summed E-state index contributed by atoms with van der Waals surface area (Å²) in [7, 11) is 0. The summed E-state index contributed by atoms with van der Waals surface area (Å²) in [4.78, 5) is 23.0. The Morgan fingerprint density at radius 2 is 2.17 bits per heavy atom. The number of aromatic nitrogens is 3. The van der Waals surface area contributed by atoms with Gasteiger partial charge in [0.15, 0.2) is 5.65 Å². The normalized spacial score (nSPS) is 11.2. The molecule has 3 rings (SSSR count). The molecule has 0 saturated heterocycles. The Bertz CT molecular complexity index is 812. The molecule has 0 bridgehead atoms. The fourth-order valence-corrected chi connectivity index (χ4v) is 2.08. The molecule has 1 aromatic carbocycles. The van der Waals surface area contributed by atoms with Gasteiger partial charge >= 0.3 is 0 Å². The van der Waals surface area contributed by atoms with Crippen LogP contribution in [0, 0.1) is 0 Å². The number of fused-ring (bicyclic) bond motifs is 2. The summed E-state index contributed by atoms with van der Waals surface area (Å²) in [6.07, 6.45) is 0. The maximum Gasteiger partial charge on any atom is 0.260 e. The Balaban J connectivity index is 2.49. The van der Waals surface area contributed by atoms with Crippen molar-refractivity contribution in [2.45, 2.75) is 6.54 Å². The van der Waals surface area contributed by atoms with Gasteiger partial charge in [-0.1, -0.05) is 23.7 Å². The van der Waals surface area contributed by atoms with E-state index >= 15 is 0 Å². The molecule has 5 nitrogen and oxygen atoms in total. The van der Waals surface area contributed by atoms with Crippen LogP contribution in [0.4, 0.5) is 0 Å². The van der Waals surface area contributed by atoms with E-state index in [1.807, 2.05) is 12.1 Å². The molecule has 18 heavy (non-hydrogen) atoms. The molecule has 90 valence electrons. The molecule has 0 aliphatic carbocycles. The van der Waals surface area contributed by atoms with Gasteiger partial charge in [-0.15, -0.1) is 0 Å². The van der Waals surface area contributed by atoms with Crippen LogP contribution < -0.4 is 11.3 Å². The molecule has 0 unspecified atom stereocenters. The van der Waals surface area contributed by atoms with Crippen molar-refractivity contribution in [3.05, 3.63) is 45.5 Å². The molecule has 0 aliphatic heterocycles. The van der Waals surface area contributed by atoms with Gasteiger partial charge in [0.25, 0.3) is 5.56 Å². The highest BCUT2D eigenvalue weighted by molar-refractivity contribution is 6.35. The van der Waals surface area contributed by atoms with Crippen LogP contribution in [0.1, 0.15) is 5.82 Å². The van der Waals surface area contributed by atoms with Gasteiger partial charge in [0.2, 0.25) is 0 Å². The molecule has 2 heterocycles. The predicted molar refractivity (Wildman–Crippen MR) is 70.6 cm³/mol. The summed E-state index contributed by atoms with van der Waals surface area (Å²) < 4.78 is 0. The van der Waals surface area contributed by atoms with Crippen molar-refractivity contribution in [2.75, 3.05) is 0 Å². The molecule has 0 saturated carbocycles. The number of aromatic amines is 1. The summed E-state index contributed by atoms with van der Waals surface area (Å²) in [6.45, 7) is 0.160. The number of benzene rings is 1. The van der Waals surface area contributed by atoms with Crippen molar-refractivity contribution < 1.29 is 0 Å². The second-order valence-electron chi connectivity index (χ2n) is 3.89. The number of hydrogen-bond acceptors (Lipinski definition) is 4. The third-order valence-corrected chi connectivity index (χ3v) is 3.02. The number of H-pyrrole nitrogens is 1. The van der Waals surface area contributed by atoms with Crippen LogP contribution in [0.3, 0.4) is 0 Å². The van der Waals surface area contributed by atoms with Crippen molar-refractivity contribution in [2.24, 2.45) is 5.73 Å². The zero-order valence-corrected chi connectivity index (χ0v) is 10.0. The molecular weight excluding hydrogens is 252 g/mol. The van der Waals surface area contributed by atoms with Gasteiger partial charge in [-0.25, -0.2) is 9.97 Å². The van der Waals surface area contributed by atoms with Crippen LogP contribution in [-0.2, 0) is 6.54 Å². The molecule has 3 N–H and O–H groups in total. The fraction of sp³-hybridized carbons (Fsp3) is 0.0833. The Morgan fingerprint density at radius 3 is 2.94 bits per heavy atom. The number of nitrogens with zero attached hydrogens (tertiary/aromatic N) is 2. The van der Waals surface area contributed by atoms with E-state index in [9.17, 15) is 4.79 Å². The first-order chi connectivity index (χ1) is 8.69. The van der Waals surface area contributed by atoms with E-state index in [4.69, 9.17) is 17.3 Å². The smallest absolute Gasteiger partial charge is 0.260 e. The van der Waals surface area contributed by atoms with Crippen LogP contribution in [0.5, 0.6) is 0 Å². The second-order valence-corrected chi connectivity index (χ2v) is 4.30. The lowest BCUT2D eigenvalue weighted by atomic mass is 10.2. The van der Waals surface area contributed by atoms with Gasteiger partial charge < -0.3 is 10.7 Å². The van der Waals surface area contributed by atoms with Crippen molar-refractivity contribution in [3.63, 3.8) is 0 Å². The SMILES string of the molecule is NCc1nc2nc3c(Cl)cccc3cc2c(=O)[nH]1. The standard InChI is InChI=1S/C12H9ClN4O/c13-8-3-1-2-6-4-7-11(17-10(6)8)15-9(5-14)16-12(7)18/h1-4H,5,14H2,(H,15,16,17,18). The van der Waals surface area contributed by atoms with Crippen molar-refractivity contribution in [1.29, 1.82) is 0 Å². The van der Waals surface area contributed by atoms with E-state index in [1.54, 1.807) is 12.1 Å². The number of hydrogen-bond donors (Lipinski definition) is 2. The quantitative estimate of drug-likeness (QED) is 0.651. The zero-order chi connectivity index (χ0) is 12.7. The maximum absolute atomic E-state index is 11.9. The lowest BCUT2D eigenvalue weighted by molar-refractivity contribution is 0.908. The highest BCUT2D eigenvalue weighted by atomic mass is 35.5. The predicted octanol–water partition coefficient (Wildman–Crippen LogP) is 1.58. The van der Waals surface area contributed by atoms with Crippen LogP contribution in [-0.4, -0.2) is 15.0 Å². The number of halogens is 1. The molecule has 6 heteroatoms. The minimum absolute atomic E-state index is 0.160. The molecule has 0 spiro atoms. The van der Waals surface area contributed by atoms with Crippen molar-refractivity contribution in [1.82, 2.24) is 15.0 Å². The van der Waals surface area contributed by atoms with Crippen molar-refractivity contribution >= 4 is 33.5 Å². The number of nitrogens with one attached hydrogen (secondary N) is 1. The Labute approximate surface area is 107 Å². The van der Waals surface area contributed by atoms with Gasteiger partial charge in [0, 0.05) is 5.39 Å². The Morgan fingerprint density at radius 1 is 1.33 bits per heavy atom. The topological polar surface area (TPSA) is 84.7 Å². The second kappa shape index (κ2) is 4.04. The van der Waals surface area contributed by atoms with E-state index in [2.05, 4.69) is 15.0 Å². The van der Waals surface area contributed by atoms with E-state index in [0.29, 0.717) is 27.4 Å². The Kier molecular flexibility index (Phi) is 2.50. The molecule has 0 atom stereocenters. The first kappa shape index (κ1) is 11.1. The third-order valence-electron chi connectivity index (χ3n) is 2.71. The molecule has 0 aliphatic rings. The average Bonchev–Trinajstić information content (AvgIpc) is 2.38. The monoisotopic (exact) mass is 260 g/mol. The molecule has 0 amide bonds. The zero-order valence-electron chi connectivity index (χ0n) is 9.27. The van der Waals surface area contributed by atoms with Crippen LogP contribution in [0.15, 0.2) is 29.1 Å². The van der Waals surface area contributed by atoms with Crippen LogP contribution in [0.25, 0.3) is 21.9 Å². The highest BCUT2D eigenvalue weighted by Gasteiger charge is 2.08.